The van der Waals surface area contributed by atoms with Gasteiger partial charge in [0, 0.05) is 72.0 Å². The molecule has 0 spiro atoms. The molecule has 0 fully saturated rings. The molecule has 0 unspecified atom stereocenters. The van der Waals surface area contributed by atoms with E-state index in [-0.39, 0.29) is 0 Å². The lowest BCUT2D eigenvalue weighted by molar-refractivity contribution is 0.446. The molecule has 8 rings (SSSR count). The fourth-order valence-corrected chi connectivity index (χ4v) is 5.96. The van der Waals surface area contributed by atoms with Crippen molar-refractivity contribution in [3.63, 3.8) is 0 Å². The number of aryl methyl sites for hydroxylation is 2. The smallest absolute Gasteiger partial charge is 0.234 e. The van der Waals surface area contributed by atoms with Crippen LogP contribution in [-0.2, 0) is 0 Å². The minimum absolute atomic E-state index is 0.514. The standard InChI is InChI=1S/C42H33N5O4/c1-26-20-32(50-40-10-5-7-16-43-40)24-38(28(26)3)48-30-12-14-34-35-15-13-31(23-37(35)47(36(34)22-30)42-45-18-9-19-46-42)49-39-25-33(21-27(2)29(39)4)51-41-11-6-8-17-44-41/h5-25H,1-4H3. The predicted molar refractivity (Wildman–Crippen MR) is 197 cm³/mol. The quantitative estimate of drug-likeness (QED) is 0.150. The Kier molecular flexibility index (Phi) is 8.21. The largest absolute Gasteiger partial charge is 0.457 e. The van der Waals surface area contributed by atoms with Gasteiger partial charge in [0.1, 0.15) is 34.5 Å². The van der Waals surface area contributed by atoms with Crippen molar-refractivity contribution in [2.75, 3.05) is 0 Å². The summed E-state index contributed by atoms with van der Waals surface area (Å²) in [5, 5.41) is 2.04. The van der Waals surface area contributed by atoms with Crippen molar-refractivity contribution in [2.45, 2.75) is 27.7 Å². The van der Waals surface area contributed by atoms with Crippen molar-refractivity contribution >= 4 is 21.8 Å². The molecule has 0 N–H and O–H groups in total. The molecule has 0 aliphatic heterocycles. The highest BCUT2D eigenvalue weighted by atomic mass is 16.5. The summed E-state index contributed by atoms with van der Waals surface area (Å²) in [7, 11) is 0. The Hall–Kier alpha value is -6.74. The van der Waals surface area contributed by atoms with E-state index in [1.165, 1.54) is 0 Å². The molecule has 0 saturated heterocycles. The number of aromatic nitrogens is 5. The second-order valence-corrected chi connectivity index (χ2v) is 12.2. The Morgan fingerprint density at radius 3 is 1.35 bits per heavy atom. The monoisotopic (exact) mass is 671 g/mol. The lowest BCUT2D eigenvalue weighted by atomic mass is 10.1. The lowest BCUT2D eigenvalue weighted by Gasteiger charge is -2.14. The van der Waals surface area contributed by atoms with Gasteiger partial charge in [-0.25, -0.2) is 19.9 Å². The lowest BCUT2D eigenvalue weighted by Crippen LogP contribution is -2.00. The van der Waals surface area contributed by atoms with Crippen molar-refractivity contribution in [3.05, 3.63) is 150 Å². The fraction of sp³-hybridized carbons (Fsp3) is 0.0952. The molecule has 250 valence electrons. The van der Waals surface area contributed by atoms with Crippen LogP contribution in [0.4, 0.5) is 0 Å². The first-order valence-corrected chi connectivity index (χ1v) is 16.5. The van der Waals surface area contributed by atoms with Crippen LogP contribution in [-0.4, -0.2) is 24.5 Å². The topological polar surface area (TPSA) is 93.4 Å². The molecule has 9 heteroatoms. The van der Waals surface area contributed by atoms with E-state index in [4.69, 9.17) is 18.9 Å². The van der Waals surface area contributed by atoms with Crippen LogP contribution in [0.15, 0.2) is 128 Å². The summed E-state index contributed by atoms with van der Waals surface area (Å²) in [5.41, 5.74) is 5.88. The number of ether oxygens (including phenoxy) is 4. The van der Waals surface area contributed by atoms with Gasteiger partial charge in [-0.05, 0) is 105 Å². The maximum absolute atomic E-state index is 6.55. The Morgan fingerprint density at radius 2 is 0.902 bits per heavy atom. The maximum Gasteiger partial charge on any atom is 0.234 e. The number of hydrogen-bond donors (Lipinski definition) is 0. The number of rotatable bonds is 9. The summed E-state index contributed by atoms with van der Waals surface area (Å²) < 4.78 is 27.2. The summed E-state index contributed by atoms with van der Waals surface area (Å²) >= 11 is 0. The average molecular weight is 672 g/mol. The second kappa shape index (κ2) is 13.3. The Balaban J connectivity index is 1.18. The average Bonchev–Trinajstić information content (AvgIpc) is 3.46. The SMILES string of the molecule is Cc1cc(Oc2ccccn2)cc(Oc2ccc3c4ccc(Oc5cc(Oc6ccccn6)cc(C)c5C)cc4n(-c4ncccn4)c3c2)c1C. The van der Waals surface area contributed by atoms with Gasteiger partial charge in [-0.1, -0.05) is 12.1 Å². The molecule has 9 nitrogen and oxygen atoms in total. The molecule has 0 aliphatic rings. The molecule has 0 aliphatic carbocycles. The van der Waals surface area contributed by atoms with E-state index in [0.29, 0.717) is 52.2 Å². The summed E-state index contributed by atoms with van der Waals surface area (Å²) in [6.45, 7) is 8.14. The highest BCUT2D eigenvalue weighted by Crippen LogP contribution is 2.40. The summed E-state index contributed by atoms with van der Waals surface area (Å²) in [5.74, 6) is 5.54. The van der Waals surface area contributed by atoms with Crippen molar-refractivity contribution in [1.82, 2.24) is 24.5 Å². The third kappa shape index (κ3) is 6.40. The van der Waals surface area contributed by atoms with Gasteiger partial charge < -0.3 is 18.9 Å². The van der Waals surface area contributed by atoms with Gasteiger partial charge in [0.15, 0.2) is 0 Å². The minimum Gasteiger partial charge on any atom is -0.457 e. The van der Waals surface area contributed by atoms with Crippen molar-refractivity contribution in [3.8, 4) is 52.2 Å². The number of hydrogen-bond acceptors (Lipinski definition) is 8. The first-order valence-electron chi connectivity index (χ1n) is 16.5. The first kappa shape index (κ1) is 31.5. The maximum atomic E-state index is 6.55. The molecular formula is C42H33N5O4. The molecule has 4 aromatic heterocycles. The van der Waals surface area contributed by atoms with E-state index in [1.54, 1.807) is 30.9 Å². The summed E-state index contributed by atoms with van der Waals surface area (Å²) in [4.78, 5) is 17.8. The third-order valence-electron chi connectivity index (χ3n) is 8.82. The van der Waals surface area contributed by atoms with Gasteiger partial charge in [0.25, 0.3) is 0 Å². The van der Waals surface area contributed by atoms with Crippen molar-refractivity contribution < 1.29 is 18.9 Å². The Morgan fingerprint density at radius 1 is 0.431 bits per heavy atom. The van der Waals surface area contributed by atoms with Gasteiger partial charge in [0.05, 0.1) is 11.0 Å². The van der Waals surface area contributed by atoms with Gasteiger partial charge in [-0.3, -0.25) is 4.57 Å². The predicted octanol–water partition coefficient (Wildman–Crippen LogP) is 10.8. The molecule has 0 radical (unpaired) electrons. The van der Waals surface area contributed by atoms with E-state index in [0.717, 1.165) is 44.1 Å². The van der Waals surface area contributed by atoms with Crippen LogP contribution in [0.25, 0.3) is 27.8 Å². The number of fused-ring (bicyclic) bond motifs is 3. The van der Waals surface area contributed by atoms with Gasteiger partial charge in [-0.2, -0.15) is 0 Å². The first-order chi connectivity index (χ1) is 24.9. The van der Waals surface area contributed by atoms with Crippen LogP contribution in [0.3, 0.4) is 0 Å². The van der Waals surface area contributed by atoms with Crippen LogP contribution in [0.1, 0.15) is 22.3 Å². The summed E-state index contributed by atoms with van der Waals surface area (Å²) in [6, 6.07) is 32.8. The van der Waals surface area contributed by atoms with Gasteiger partial charge in [0.2, 0.25) is 17.7 Å². The van der Waals surface area contributed by atoms with E-state index < -0.39 is 0 Å². The molecular weight excluding hydrogens is 638 g/mol. The zero-order valence-corrected chi connectivity index (χ0v) is 28.5. The highest BCUT2D eigenvalue weighted by Gasteiger charge is 2.18. The zero-order valence-electron chi connectivity index (χ0n) is 28.5. The van der Waals surface area contributed by atoms with Crippen LogP contribution in [0.5, 0.6) is 46.3 Å². The number of nitrogens with zero attached hydrogens (tertiary/aromatic N) is 5. The molecule has 0 amide bonds. The molecule has 51 heavy (non-hydrogen) atoms. The Bertz CT molecular complexity index is 2360. The molecule has 4 heterocycles. The molecule has 0 saturated carbocycles. The van der Waals surface area contributed by atoms with E-state index in [2.05, 4.69) is 32.1 Å². The zero-order chi connectivity index (χ0) is 34.9. The molecule has 4 aromatic carbocycles. The van der Waals surface area contributed by atoms with Gasteiger partial charge >= 0.3 is 0 Å². The number of pyridine rings is 2. The van der Waals surface area contributed by atoms with E-state index in [9.17, 15) is 0 Å². The van der Waals surface area contributed by atoms with E-state index >= 15 is 0 Å². The van der Waals surface area contributed by atoms with Crippen molar-refractivity contribution in [2.24, 2.45) is 0 Å². The van der Waals surface area contributed by atoms with Crippen molar-refractivity contribution in [1.29, 1.82) is 0 Å². The molecule has 0 bridgehead atoms. The normalized spacial score (nSPS) is 11.1. The highest BCUT2D eigenvalue weighted by molar-refractivity contribution is 6.09. The van der Waals surface area contributed by atoms with Gasteiger partial charge in [-0.15, -0.1) is 0 Å². The van der Waals surface area contributed by atoms with Crippen LogP contribution < -0.4 is 18.9 Å². The molecule has 8 aromatic rings. The minimum atomic E-state index is 0.514. The third-order valence-corrected chi connectivity index (χ3v) is 8.82. The van der Waals surface area contributed by atoms with Crippen LogP contribution in [0.2, 0.25) is 0 Å². The molecule has 0 atom stereocenters. The van der Waals surface area contributed by atoms with Crippen LogP contribution >= 0.6 is 0 Å². The number of benzene rings is 4. The van der Waals surface area contributed by atoms with E-state index in [1.807, 2.05) is 117 Å². The van der Waals surface area contributed by atoms with Crippen LogP contribution in [0, 0.1) is 27.7 Å². The second-order valence-electron chi connectivity index (χ2n) is 12.2. The Labute approximate surface area is 294 Å². The fourth-order valence-electron chi connectivity index (χ4n) is 5.96. The summed E-state index contributed by atoms with van der Waals surface area (Å²) in [6.07, 6.45) is 6.87.